The molecule has 0 unspecified atom stereocenters. The maximum Gasteiger partial charge on any atom is 0.147 e. The normalized spacial score (nSPS) is 18.4. The lowest BCUT2D eigenvalue weighted by atomic mass is 10.3. The van der Waals surface area contributed by atoms with Crippen molar-refractivity contribution in [2.75, 3.05) is 26.2 Å². The number of rotatable bonds is 2. The minimum Gasteiger partial charge on any atom is -0.314 e. The predicted molar refractivity (Wildman–Crippen MR) is 55.2 cm³/mol. The van der Waals surface area contributed by atoms with Gasteiger partial charge in [-0.3, -0.25) is 9.88 Å². The summed E-state index contributed by atoms with van der Waals surface area (Å²) in [5.74, 6) is 0. The summed E-state index contributed by atoms with van der Waals surface area (Å²) in [5.41, 5.74) is 0.944. The molecule has 0 amide bonds. The number of hydrogen-bond acceptors (Lipinski definition) is 4. The highest BCUT2D eigenvalue weighted by molar-refractivity contribution is 6.29. The van der Waals surface area contributed by atoms with Crippen molar-refractivity contribution in [1.82, 2.24) is 20.2 Å². The molecule has 0 spiro atoms. The molecule has 1 saturated heterocycles. The number of piperazine rings is 1. The van der Waals surface area contributed by atoms with Crippen molar-refractivity contribution in [2.24, 2.45) is 0 Å². The van der Waals surface area contributed by atoms with Gasteiger partial charge in [-0.15, -0.1) is 0 Å². The van der Waals surface area contributed by atoms with Gasteiger partial charge < -0.3 is 5.32 Å². The second-order valence-corrected chi connectivity index (χ2v) is 3.75. The molecule has 1 aromatic heterocycles. The van der Waals surface area contributed by atoms with E-state index in [-0.39, 0.29) is 0 Å². The molecular formula is C9H13ClN4. The molecule has 0 aromatic carbocycles. The molecule has 1 aliphatic rings. The summed E-state index contributed by atoms with van der Waals surface area (Å²) < 4.78 is 0. The molecule has 0 aliphatic carbocycles. The van der Waals surface area contributed by atoms with E-state index < -0.39 is 0 Å². The highest BCUT2D eigenvalue weighted by Crippen LogP contribution is 2.05. The van der Waals surface area contributed by atoms with Crippen molar-refractivity contribution in [1.29, 1.82) is 0 Å². The molecule has 0 saturated carbocycles. The van der Waals surface area contributed by atoms with Gasteiger partial charge >= 0.3 is 0 Å². The number of nitrogens with zero attached hydrogens (tertiary/aromatic N) is 3. The van der Waals surface area contributed by atoms with E-state index in [0.29, 0.717) is 5.15 Å². The maximum absolute atomic E-state index is 5.76. The summed E-state index contributed by atoms with van der Waals surface area (Å²) in [7, 11) is 0. The largest absolute Gasteiger partial charge is 0.314 e. The molecule has 0 atom stereocenters. The van der Waals surface area contributed by atoms with Crippen LogP contribution in [0.1, 0.15) is 5.69 Å². The third-order valence-electron chi connectivity index (χ3n) is 2.25. The molecule has 2 heterocycles. The van der Waals surface area contributed by atoms with Crippen molar-refractivity contribution in [3.63, 3.8) is 0 Å². The van der Waals surface area contributed by atoms with Crippen LogP contribution in [0.3, 0.4) is 0 Å². The van der Waals surface area contributed by atoms with E-state index in [2.05, 4.69) is 20.2 Å². The zero-order valence-electron chi connectivity index (χ0n) is 7.91. The van der Waals surface area contributed by atoms with Gasteiger partial charge in [0.2, 0.25) is 0 Å². The van der Waals surface area contributed by atoms with Crippen LogP contribution in [0, 0.1) is 0 Å². The standard InChI is InChI=1S/C9H13ClN4/c10-9-6-12-5-8(13-9)7-14-3-1-11-2-4-14/h5-6,11H,1-4,7H2. The quantitative estimate of drug-likeness (QED) is 0.777. The monoisotopic (exact) mass is 212 g/mol. The van der Waals surface area contributed by atoms with Gasteiger partial charge in [-0.25, -0.2) is 4.98 Å². The maximum atomic E-state index is 5.76. The smallest absolute Gasteiger partial charge is 0.147 e. The number of halogens is 1. The van der Waals surface area contributed by atoms with E-state index in [0.717, 1.165) is 38.4 Å². The van der Waals surface area contributed by atoms with E-state index in [1.165, 1.54) is 0 Å². The van der Waals surface area contributed by atoms with Gasteiger partial charge in [0.1, 0.15) is 5.15 Å². The second kappa shape index (κ2) is 4.68. The van der Waals surface area contributed by atoms with Crippen LogP contribution in [0.5, 0.6) is 0 Å². The lowest BCUT2D eigenvalue weighted by molar-refractivity contribution is 0.230. The van der Waals surface area contributed by atoms with E-state index >= 15 is 0 Å². The Labute approximate surface area is 88.3 Å². The van der Waals surface area contributed by atoms with Gasteiger partial charge in [0.15, 0.2) is 0 Å². The van der Waals surface area contributed by atoms with Gasteiger partial charge in [-0.2, -0.15) is 0 Å². The van der Waals surface area contributed by atoms with E-state index in [1.54, 1.807) is 12.4 Å². The van der Waals surface area contributed by atoms with Crippen LogP contribution in [0.25, 0.3) is 0 Å². The van der Waals surface area contributed by atoms with Crippen molar-refractivity contribution in [3.8, 4) is 0 Å². The number of hydrogen-bond donors (Lipinski definition) is 1. The summed E-state index contributed by atoms with van der Waals surface area (Å²) in [4.78, 5) is 10.6. The summed E-state index contributed by atoms with van der Waals surface area (Å²) >= 11 is 5.76. The fourth-order valence-electron chi connectivity index (χ4n) is 1.55. The molecule has 1 fully saturated rings. The Morgan fingerprint density at radius 3 is 2.86 bits per heavy atom. The SMILES string of the molecule is Clc1cncc(CN2CCNCC2)n1. The first-order valence-corrected chi connectivity index (χ1v) is 5.12. The average molecular weight is 213 g/mol. The molecule has 5 heteroatoms. The minimum absolute atomic E-state index is 0.470. The van der Waals surface area contributed by atoms with Crippen LogP contribution < -0.4 is 5.32 Å². The summed E-state index contributed by atoms with van der Waals surface area (Å²) in [6, 6.07) is 0. The number of aromatic nitrogens is 2. The van der Waals surface area contributed by atoms with Crippen molar-refractivity contribution >= 4 is 11.6 Å². The van der Waals surface area contributed by atoms with Gasteiger partial charge in [0, 0.05) is 38.9 Å². The van der Waals surface area contributed by atoms with E-state index in [4.69, 9.17) is 11.6 Å². The van der Waals surface area contributed by atoms with Crippen LogP contribution in [0.2, 0.25) is 5.15 Å². The first-order valence-electron chi connectivity index (χ1n) is 4.74. The van der Waals surface area contributed by atoms with Gasteiger partial charge in [-0.1, -0.05) is 11.6 Å². The topological polar surface area (TPSA) is 41.1 Å². The molecule has 1 N–H and O–H groups in total. The molecular weight excluding hydrogens is 200 g/mol. The molecule has 14 heavy (non-hydrogen) atoms. The Balaban J connectivity index is 1.95. The van der Waals surface area contributed by atoms with Gasteiger partial charge in [0.25, 0.3) is 0 Å². The van der Waals surface area contributed by atoms with Crippen LogP contribution in [0.15, 0.2) is 12.4 Å². The Hall–Kier alpha value is -0.710. The van der Waals surface area contributed by atoms with Crippen molar-refractivity contribution in [3.05, 3.63) is 23.2 Å². The molecule has 0 radical (unpaired) electrons. The summed E-state index contributed by atoms with van der Waals surface area (Å²) in [5, 5.41) is 3.78. The lowest BCUT2D eigenvalue weighted by Gasteiger charge is -2.26. The van der Waals surface area contributed by atoms with Gasteiger partial charge in [-0.05, 0) is 0 Å². The summed E-state index contributed by atoms with van der Waals surface area (Å²) in [6.45, 7) is 5.07. The highest BCUT2D eigenvalue weighted by Gasteiger charge is 2.10. The zero-order valence-corrected chi connectivity index (χ0v) is 8.67. The fraction of sp³-hybridized carbons (Fsp3) is 0.556. The van der Waals surface area contributed by atoms with Gasteiger partial charge in [0.05, 0.1) is 11.9 Å². The Morgan fingerprint density at radius 1 is 1.36 bits per heavy atom. The number of nitrogens with one attached hydrogen (secondary N) is 1. The molecule has 76 valence electrons. The average Bonchev–Trinajstić information content (AvgIpc) is 2.19. The third kappa shape index (κ3) is 2.64. The first kappa shape index (κ1) is 9.83. The Morgan fingerprint density at radius 2 is 2.14 bits per heavy atom. The molecule has 1 aromatic rings. The molecule has 1 aliphatic heterocycles. The zero-order chi connectivity index (χ0) is 9.80. The fourth-order valence-corrected chi connectivity index (χ4v) is 1.72. The third-order valence-corrected chi connectivity index (χ3v) is 2.43. The molecule has 0 bridgehead atoms. The van der Waals surface area contributed by atoms with Crippen LogP contribution in [-0.4, -0.2) is 41.0 Å². The first-order chi connectivity index (χ1) is 6.84. The lowest BCUT2D eigenvalue weighted by Crippen LogP contribution is -2.43. The summed E-state index contributed by atoms with van der Waals surface area (Å²) in [6.07, 6.45) is 3.33. The Kier molecular flexibility index (Phi) is 3.29. The highest BCUT2D eigenvalue weighted by atomic mass is 35.5. The van der Waals surface area contributed by atoms with Crippen LogP contribution >= 0.6 is 11.6 Å². The van der Waals surface area contributed by atoms with Crippen molar-refractivity contribution in [2.45, 2.75) is 6.54 Å². The van der Waals surface area contributed by atoms with Crippen LogP contribution in [0.4, 0.5) is 0 Å². The Bertz CT molecular complexity index is 299. The van der Waals surface area contributed by atoms with E-state index in [1.807, 2.05) is 0 Å². The minimum atomic E-state index is 0.470. The second-order valence-electron chi connectivity index (χ2n) is 3.36. The molecule has 4 nitrogen and oxygen atoms in total. The predicted octanol–water partition coefficient (Wildman–Crippen LogP) is 0.535. The molecule has 2 rings (SSSR count). The van der Waals surface area contributed by atoms with Crippen LogP contribution in [-0.2, 0) is 6.54 Å². The van der Waals surface area contributed by atoms with Crippen molar-refractivity contribution < 1.29 is 0 Å². The van der Waals surface area contributed by atoms with E-state index in [9.17, 15) is 0 Å².